The fourth-order valence-corrected chi connectivity index (χ4v) is 3.51. The first-order chi connectivity index (χ1) is 11.4. The molecule has 128 valence electrons. The van der Waals surface area contributed by atoms with E-state index in [1.807, 2.05) is 25.2 Å². The van der Waals surface area contributed by atoms with Crippen LogP contribution < -0.4 is 10.1 Å². The van der Waals surface area contributed by atoms with Gasteiger partial charge in [-0.15, -0.1) is 0 Å². The molecule has 0 radical (unpaired) electrons. The van der Waals surface area contributed by atoms with Gasteiger partial charge in [-0.05, 0) is 54.8 Å². The zero-order valence-electron chi connectivity index (χ0n) is 13.7. The van der Waals surface area contributed by atoms with Crippen molar-refractivity contribution in [3.63, 3.8) is 0 Å². The number of methoxy groups -OCH3 is 1. The van der Waals surface area contributed by atoms with Crippen LogP contribution in [0, 0.1) is 0 Å². The molecule has 0 saturated carbocycles. The third-order valence-corrected chi connectivity index (χ3v) is 4.76. The van der Waals surface area contributed by atoms with Crippen molar-refractivity contribution in [1.82, 2.24) is 5.32 Å². The molecule has 2 nitrogen and oxygen atoms in total. The SMILES string of the molecule is CNC1Cc2ccc(OC)cc2C1Cc1cccc(C(F)(F)F)c1. The number of hydrogen-bond acceptors (Lipinski definition) is 2. The van der Waals surface area contributed by atoms with E-state index in [-0.39, 0.29) is 12.0 Å². The summed E-state index contributed by atoms with van der Waals surface area (Å²) in [5.74, 6) is 0.906. The molecule has 3 rings (SSSR count). The largest absolute Gasteiger partial charge is 0.497 e. The van der Waals surface area contributed by atoms with Gasteiger partial charge >= 0.3 is 6.18 Å². The zero-order chi connectivity index (χ0) is 17.3. The molecular weight excluding hydrogens is 315 g/mol. The molecule has 5 heteroatoms. The number of likely N-dealkylation sites (N-methyl/N-ethyl adjacent to an activating group) is 1. The molecule has 0 spiro atoms. The number of alkyl halides is 3. The highest BCUT2D eigenvalue weighted by Gasteiger charge is 2.33. The van der Waals surface area contributed by atoms with Crippen LogP contribution in [0.4, 0.5) is 13.2 Å². The number of halogens is 3. The van der Waals surface area contributed by atoms with Gasteiger partial charge in [0.2, 0.25) is 0 Å². The van der Waals surface area contributed by atoms with Crippen LogP contribution in [-0.2, 0) is 19.0 Å². The smallest absolute Gasteiger partial charge is 0.416 e. The first-order valence-corrected chi connectivity index (χ1v) is 7.92. The molecule has 2 unspecified atom stereocenters. The Morgan fingerprint density at radius 2 is 1.96 bits per heavy atom. The maximum absolute atomic E-state index is 12.9. The average molecular weight is 335 g/mol. The van der Waals surface area contributed by atoms with E-state index in [1.165, 1.54) is 17.7 Å². The van der Waals surface area contributed by atoms with E-state index < -0.39 is 11.7 Å². The molecule has 2 aromatic carbocycles. The summed E-state index contributed by atoms with van der Waals surface area (Å²) < 4.78 is 44.1. The van der Waals surface area contributed by atoms with Crippen LogP contribution in [0.1, 0.15) is 28.2 Å². The summed E-state index contributed by atoms with van der Waals surface area (Å²) in [6, 6.07) is 11.8. The summed E-state index contributed by atoms with van der Waals surface area (Å²) in [6.45, 7) is 0. The van der Waals surface area contributed by atoms with Gasteiger partial charge < -0.3 is 10.1 Å². The Balaban J connectivity index is 1.92. The van der Waals surface area contributed by atoms with Crippen molar-refractivity contribution in [2.24, 2.45) is 0 Å². The third kappa shape index (κ3) is 3.26. The minimum atomic E-state index is -4.31. The van der Waals surface area contributed by atoms with Gasteiger partial charge in [0, 0.05) is 12.0 Å². The quantitative estimate of drug-likeness (QED) is 0.905. The number of hydrogen-bond donors (Lipinski definition) is 1. The lowest BCUT2D eigenvalue weighted by molar-refractivity contribution is -0.137. The summed E-state index contributed by atoms with van der Waals surface area (Å²) in [7, 11) is 3.51. The second-order valence-corrected chi connectivity index (χ2v) is 6.17. The van der Waals surface area contributed by atoms with E-state index in [1.54, 1.807) is 13.2 Å². The summed E-state index contributed by atoms with van der Waals surface area (Å²) in [6.07, 6.45) is -2.87. The lowest BCUT2D eigenvalue weighted by atomic mass is 9.90. The van der Waals surface area contributed by atoms with E-state index in [4.69, 9.17) is 4.74 Å². The van der Waals surface area contributed by atoms with Crippen molar-refractivity contribution < 1.29 is 17.9 Å². The van der Waals surface area contributed by atoms with Gasteiger partial charge in [0.15, 0.2) is 0 Å². The zero-order valence-corrected chi connectivity index (χ0v) is 13.7. The predicted octanol–water partition coefficient (Wildman–Crippen LogP) is 4.18. The van der Waals surface area contributed by atoms with E-state index in [2.05, 4.69) is 5.32 Å². The molecule has 1 aliphatic rings. The molecule has 1 aliphatic carbocycles. The molecular formula is C19H20F3NO. The first kappa shape index (κ1) is 16.8. The van der Waals surface area contributed by atoms with Crippen LogP contribution in [0.3, 0.4) is 0 Å². The summed E-state index contributed by atoms with van der Waals surface area (Å²) in [5.41, 5.74) is 2.49. The minimum Gasteiger partial charge on any atom is -0.497 e. The van der Waals surface area contributed by atoms with Gasteiger partial charge in [-0.3, -0.25) is 0 Å². The summed E-state index contributed by atoms with van der Waals surface area (Å²) in [4.78, 5) is 0. The minimum absolute atomic E-state index is 0.128. The Kier molecular flexibility index (Phi) is 4.54. The van der Waals surface area contributed by atoms with E-state index in [9.17, 15) is 13.2 Å². The molecule has 0 bridgehead atoms. The number of benzene rings is 2. The average Bonchev–Trinajstić information content (AvgIpc) is 2.91. The molecule has 24 heavy (non-hydrogen) atoms. The molecule has 1 N–H and O–H groups in total. The number of rotatable bonds is 4. The van der Waals surface area contributed by atoms with E-state index >= 15 is 0 Å². The first-order valence-electron chi connectivity index (χ1n) is 7.92. The lowest BCUT2D eigenvalue weighted by Crippen LogP contribution is -2.30. The number of ether oxygens (including phenoxy) is 1. The third-order valence-electron chi connectivity index (χ3n) is 4.76. The van der Waals surface area contributed by atoms with Crippen molar-refractivity contribution in [1.29, 1.82) is 0 Å². The Labute approximate surface area is 139 Å². The molecule has 0 aliphatic heterocycles. The monoisotopic (exact) mass is 335 g/mol. The van der Waals surface area contributed by atoms with Gasteiger partial charge in [0.25, 0.3) is 0 Å². The predicted molar refractivity (Wildman–Crippen MR) is 87.4 cm³/mol. The van der Waals surface area contributed by atoms with Gasteiger partial charge in [0.05, 0.1) is 12.7 Å². The molecule has 0 heterocycles. The molecule has 2 aromatic rings. The standard InChI is InChI=1S/C19H20F3NO/c1-23-18-10-13-6-7-15(24-2)11-16(13)17(18)9-12-4-3-5-14(8-12)19(20,21)22/h3-8,11,17-18,23H,9-10H2,1-2H3. The van der Waals surface area contributed by atoms with Gasteiger partial charge in [0.1, 0.15) is 5.75 Å². The van der Waals surface area contributed by atoms with Gasteiger partial charge in [-0.1, -0.05) is 24.3 Å². The Morgan fingerprint density at radius 1 is 1.17 bits per heavy atom. The van der Waals surface area contributed by atoms with E-state index in [0.29, 0.717) is 12.0 Å². The normalized spacial score (nSPS) is 20.0. The van der Waals surface area contributed by atoms with Crippen LogP contribution >= 0.6 is 0 Å². The highest BCUT2D eigenvalue weighted by atomic mass is 19.4. The van der Waals surface area contributed by atoms with Crippen LogP contribution in [0.15, 0.2) is 42.5 Å². The molecule has 2 atom stereocenters. The van der Waals surface area contributed by atoms with Crippen LogP contribution in [0.5, 0.6) is 5.75 Å². The maximum atomic E-state index is 12.9. The van der Waals surface area contributed by atoms with Crippen LogP contribution in [0.25, 0.3) is 0 Å². The van der Waals surface area contributed by atoms with Crippen molar-refractivity contribution in [2.75, 3.05) is 14.2 Å². The second-order valence-electron chi connectivity index (χ2n) is 6.17. The molecule has 0 fully saturated rings. The van der Waals surface area contributed by atoms with Crippen LogP contribution in [-0.4, -0.2) is 20.2 Å². The fourth-order valence-electron chi connectivity index (χ4n) is 3.51. The number of fused-ring (bicyclic) bond motifs is 1. The maximum Gasteiger partial charge on any atom is 0.416 e. The highest BCUT2D eigenvalue weighted by Crippen LogP contribution is 2.38. The Hall–Kier alpha value is -2.01. The lowest BCUT2D eigenvalue weighted by Gasteiger charge is -2.21. The van der Waals surface area contributed by atoms with Crippen molar-refractivity contribution in [2.45, 2.75) is 31.0 Å². The molecule has 0 saturated heterocycles. The van der Waals surface area contributed by atoms with Gasteiger partial charge in [-0.25, -0.2) is 0 Å². The topological polar surface area (TPSA) is 21.3 Å². The van der Waals surface area contributed by atoms with E-state index in [0.717, 1.165) is 23.8 Å². The Bertz CT molecular complexity index is 727. The summed E-state index contributed by atoms with van der Waals surface area (Å²) >= 11 is 0. The van der Waals surface area contributed by atoms with Crippen molar-refractivity contribution >= 4 is 0 Å². The molecule has 0 aromatic heterocycles. The van der Waals surface area contributed by atoms with Crippen molar-refractivity contribution in [3.8, 4) is 5.75 Å². The number of nitrogens with one attached hydrogen (secondary N) is 1. The summed E-state index contributed by atoms with van der Waals surface area (Å²) in [5, 5.41) is 3.30. The fraction of sp³-hybridized carbons (Fsp3) is 0.368. The van der Waals surface area contributed by atoms with Crippen molar-refractivity contribution in [3.05, 3.63) is 64.7 Å². The second kappa shape index (κ2) is 6.48. The highest BCUT2D eigenvalue weighted by molar-refractivity contribution is 5.44. The Morgan fingerprint density at radius 3 is 2.62 bits per heavy atom. The van der Waals surface area contributed by atoms with Gasteiger partial charge in [-0.2, -0.15) is 13.2 Å². The van der Waals surface area contributed by atoms with Crippen LogP contribution in [0.2, 0.25) is 0 Å². The molecule has 0 amide bonds.